The van der Waals surface area contributed by atoms with Crippen molar-refractivity contribution in [3.63, 3.8) is 0 Å². The van der Waals surface area contributed by atoms with Crippen LogP contribution in [0.2, 0.25) is 0 Å². The van der Waals surface area contributed by atoms with Crippen LogP contribution in [0.4, 0.5) is 5.69 Å². The Hall–Kier alpha value is -2.02. The lowest BCUT2D eigenvalue weighted by Crippen LogP contribution is -1.96. The predicted octanol–water partition coefficient (Wildman–Crippen LogP) is 0.798. The summed E-state index contributed by atoms with van der Waals surface area (Å²) in [5, 5.41) is 8.36. The third kappa shape index (κ3) is 2.79. The summed E-state index contributed by atoms with van der Waals surface area (Å²) in [5.74, 6) is 4.14. The van der Waals surface area contributed by atoms with E-state index in [0.717, 1.165) is 5.69 Å². The smallest absolute Gasteiger partial charge is 0.315 e. The Labute approximate surface area is 81.8 Å². The van der Waals surface area contributed by atoms with Gasteiger partial charge in [0.2, 0.25) is 0 Å². The molecule has 1 rings (SSSR count). The van der Waals surface area contributed by atoms with Crippen molar-refractivity contribution >= 4 is 11.7 Å². The van der Waals surface area contributed by atoms with Crippen molar-refractivity contribution in [1.82, 2.24) is 4.98 Å². The fraction of sp³-hybridized carbons (Fsp3) is 0.200. The first-order valence-electron chi connectivity index (χ1n) is 4.03. The number of hydrogen-bond donors (Lipinski definition) is 2. The van der Waals surface area contributed by atoms with Crippen molar-refractivity contribution in [2.75, 3.05) is 5.73 Å². The fourth-order valence-corrected chi connectivity index (χ4v) is 0.871. The highest BCUT2D eigenvalue weighted by Crippen LogP contribution is 2.07. The number of nitrogens with zero attached hydrogens (tertiary/aromatic N) is 1. The Kier molecular flexibility index (Phi) is 3.08. The van der Waals surface area contributed by atoms with Crippen LogP contribution in [0.3, 0.4) is 0 Å². The van der Waals surface area contributed by atoms with Crippen LogP contribution in [0.5, 0.6) is 0 Å². The van der Waals surface area contributed by atoms with Gasteiger partial charge in [-0.2, -0.15) is 0 Å². The average molecular weight is 190 g/mol. The maximum Gasteiger partial charge on any atom is 0.315 e. The lowest BCUT2D eigenvalue weighted by Gasteiger charge is -1.97. The SMILES string of the molecule is Cc1ccc(N)c(C#CCC(=O)O)n1. The maximum atomic E-state index is 10.2. The molecule has 0 saturated carbocycles. The van der Waals surface area contributed by atoms with Crippen molar-refractivity contribution in [1.29, 1.82) is 0 Å². The number of pyridine rings is 1. The summed E-state index contributed by atoms with van der Waals surface area (Å²) in [5.41, 5.74) is 7.30. The fourth-order valence-electron chi connectivity index (χ4n) is 0.871. The first-order valence-corrected chi connectivity index (χ1v) is 4.03. The molecule has 0 saturated heterocycles. The molecular weight excluding hydrogens is 180 g/mol. The first-order chi connectivity index (χ1) is 6.59. The number of hydrogen-bond acceptors (Lipinski definition) is 3. The van der Waals surface area contributed by atoms with Gasteiger partial charge in [-0.3, -0.25) is 4.79 Å². The van der Waals surface area contributed by atoms with Crippen LogP contribution in [0.15, 0.2) is 12.1 Å². The van der Waals surface area contributed by atoms with Gasteiger partial charge in [-0.25, -0.2) is 4.98 Å². The van der Waals surface area contributed by atoms with E-state index >= 15 is 0 Å². The Morgan fingerprint density at radius 2 is 2.36 bits per heavy atom. The van der Waals surface area contributed by atoms with E-state index in [9.17, 15) is 4.79 Å². The Morgan fingerprint density at radius 3 is 3.00 bits per heavy atom. The lowest BCUT2D eigenvalue weighted by atomic mass is 10.2. The standard InChI is InChI=1S/C10H10N2O2/c1-7-5-6-8(11)9(12-7)3-2-4-10(13)14/h5-6H,4,11H2,1H3,(H,13,14). The molecule has 0 fully saturated rings. The molecule has 4 heteroatoms. The van der Waals surface area contributed by atoms with Gasteiger partial charge in [0.1, 0.15) is 12.1 Å². The highest BCUT2D eigenvalue weighted by molar-refractivity contribution is 5.70. The summed E-state index contributed by atoms with van der Waals surface area (Å²) in [4.78, 5) is 14.3. The molecule has 0 radical (unpaired) electrons. The van der Waals surface area contributed by atoms with E-state index in [1.54, 1.807) is 12.1 Å². The number of carboxylic acid groups (broad SMARTS) is 1. The Morgan fingerprint density at radius 1 is 1.64 bits per heavy atom. The molecule has 1 aromatic rings. The topological polar surface area (TPSA) is 76.2 Å². The largest absolute Gasteiger partial charge is 0.481 e. The van der Waals surface area contributed by atoms with Gasteiger partial charge in [-0.1, -0.05) is 5.92 Å². The van der Waals surface area contributed by atoms with Gasteiger partial charge in [0.25, 0.3) is 0 Å². The molecule has 0 unspecified atom stereocenters. The number of anilines is 1. The summed E-state index contributed by atoms with van der Waals surface area (Å²) < 4.78 is 0. The van der Waals surface area contributed by atoms with E-state index in [1.165, 1.54) is 0 Å². The molecule has 0 amide bonds. The van der Waals surface area contributed by atoms with Gasteiger partial charge in [-0.15, -0.1) is 0 Å². The molecule has 0 spiro atoms. The minimum atomic E-state index is -0.955. The van der Waals surface area contributed by atoms with Crippen molar-refractivity contribution in [3.05, 3.63) is 23.5 Å². The van der Waals surface area contributed by atoms with Gasteiger partial charge in [-0.05, 0) is 25.0 Å². The van der Waals surface area contributed by atoms with Crippen LogP contribution in [0.25, 0.3) is 0 Å². The Balaban J connectivity index is 2.88. The van der Waals surface area contributed by atoms with Gasteiger partial charge >= 0.3 is 5.97 Å². The third-order valence-corrected chi connectivity index (χ3v) is 1.51. The van der Waals surface area contributed by atoms with Crippen LogP contribution in [0.1, 0.15) is 17.8 Å². The zero-order valence-electron chi connectivity index (χ0n) is 7.74. The van der Waals surface area contributed by atoms with E-state index in [0.29, 0.717) is 11.4 Å². The number of nitrogens with two attached hydrogens (primary N) is 1. The van der Waals surface area contributed by atoms with Crippen LogP contribution in [-0.2, 0) is 4.79 Å². The second-order valence-electron chi connectivity index (χ2n) is 2.76. The van der Waals surface area contributed by atoms with E-state index < -0.39 is 5.97 Å². The number of aryl methyl sites for hydroxylation is 1. The molecule has 0 aliphatic heterocycles. The zero-order valence-corrected chi connectivity index (χ0v) is 7.74. The van der Waals surface area contributed by atoms with E-state index in [1.807, 2.05) is 6.92 Å². The molecule has 14 heavy (non-hydrogen) atoms. The van der Waals surface area contributed by atoms with Gasteiger partial charge in [0.15, 0.2) is 0 Å². The minimum Gasteiger partial charge on any atom is -0.481 e. The number of aromatic nitrogens is 1. The normalized spacial score (nSPS) is 8.93. The quantitative estimate of drug-likeness (QED) is 0.642. The molecule has 0 aliphatic rings. The molecule has 1 aromatic heterocycles. The minimum absolute atomic E-state index is 0.199. The number of carbonyl (C=O) groups is 1. The van der Waals surface area contributed by atoms with E-state index in [4.69, 9.17) is 10.8 Å². The van der Waals surface area contributed by atoms with Crippen LogP contribution >= 0.6 is 0 Å². The summed E-state index contributed by atoms with van der Waals surface area (Å²) in [6.07, 6.45) is -0.199. The van der Waals surface area contributed by atoms with Crippen molar-refractivity contribution in [2.24, 2.45) is 0 Å². The summed E-state index contributed by atoms with van der Waals surface area (Å²) in [7, 11) is 0. The number of carboxylic acids is 1. The molecule has 1 heterocycles. The third-order valence-electron chi connectivity index (χ3n) is 1.51. The number of aliphatic carboxylic acids is 1. The molecule has 3 N–H and O–H groups in total. The van der Waals surface area contributed by atoms with Crippen molar-refractivity contribution < 1.29 is 9.90 Å². The van der Waals surface area contributed by atoms with Gasteiger partial charge in [0.05, 0.1) is 5.69 Å². The van der Waals surface area contributed by atoms with E-state index in [-0.39, 0.29) is 6.42 Å². The molecule has 0 aliphatic carbocycles. The second-order valence-corrected chi connectivity index (χ2v) is 2.76. The summed E-state index contributed by atoms with van der Waals surface area (Å²) >= 11 is 0. The van der Waals surface area contributed by atoms with Crippen molar-refractivity contribution in [3.8, 4) is 11.8 Å². The van der Waals surface area contributed by atoms with Crippen LogP contribution in [-0.4, -0.2) is 16.1 Å². The molecule has 72 valence electrons. The van der Waals surface area contributed by atoms with E-state index in [2.05, 4.69) is 16.8 Å². The zero-order chi connectivity index (χ0) is 10.6. The summed E-state index contributed by atoms with van der Waals surface area (Å²) in [6, 6.07) is 3.48. The highest BCUT2D eigenvalue weighted by Gasteiger charge is 1.96. The van der Waals surface area contributed by atoms with Crippen LogP contribution in [0, 0.1) is 18.8 Å². The Bertz CT molecular complexity index is 416. The molecule has 0 bridgehead atoms. The molecular formula is C10H10N2O2. The van der Waals surface area contributed by atoms with Gasteiger partial charge < -0.3 is 10.8 Å². The monoisotopic (exact) mass is 190 g/mol. The predicted molar refractivity (Wildman–Crippen MR) is 52.5 cm³/mol. The van der Waals surface area contributed by atoms with Crippen LogP contribution < -0.4 is 5.73 Å². The maximum absolute atomic E-state index is 10.2. The average Bonchev–Trinajstić information content (AvgIpc) is 2.10. The lowest BCUT2D eigenvalue weighted by molar-refractivity contribution is -0.135. The molecule has 4 nitrogen and oxygen atoms in total. The summed E-state index contributed by atoms with van der Waals surface area (Å²) in [6.45, 7) is 1.82. The van der Waals surface area contributed by atoms with Gasteiger partial charge in [0, 0.05) is 5.69 Å². The number of rotatable bonds is 1. The second kappa shape index (κ2) is 4.28. The van der Waals surface area contributed by atoms with Crippen molar-refractivity contribution in [2.45, 2.75) is 13.3 Å². The number of nitrogen functional groups attached to an aromatic ring is 1. The first kappa shape index (κ1) is 10.1. The molecule has 0 atom stereocenters. The highest BCUT2D eigenvalue weighted by atomic mass is 16.4. The molecule has 0 aromatic carbocycles.